The Kier molecular flexibility index (Phi) is 16.7. The number of carbonyl (C=O) groups is 1. The molecule has 1 rings (SSSR count). The van der Waals surface area contributed by atoms with E-state index >= 15 is 0 Å². The lowest BCUT2D eigenvalue weighted by molar-refractivity contribution is -0.295. The van der Waals surface area contributed by atoms with Gasteiger partial charge in [-0.25, -0.2) is 0 Å². The van der Waals surface area contributed by atoms with Crippen molar-refractivity contribution in [1.29, 1.82) is 0 Å². The Bertz CT molecular complexity index is 495. The van der Waals surface area contributed by atoms with Crippen molar-refractivity contribution in [1.82, 2.24) is 0 Å². The summed E-state index contributed by atoms with van der Waals surface area (Å²) in [6.07, 6.45) is 14.4. The first-order chi connectivity index (χ1) is 15.5. The molecule has 0 amide bonds. The molecule has 7 nitrogen and oxygen atoms in total. The van der Waals surface area contributed by atoms with Crippen molar-refractivity contribution >= 4 is 5.97 Å². The van der Waals surface area contributed by atoms with E-state index in [1.54, 1.807) is 0 Å². The largest absolute Gasteiger partial charge is 0.463 e. The van der Waals surface area contributed by atoms with Gasteiger partial charge in [-0.1, -0.05) is 70.4 Å². The van der Waals surface area contributed by atoms with E-state index in [1.807, 2.05) is 0 Å². The van der Waals surface area contributed by atoms with Gasteiger partial charge >= 0.3 is 5.97 Å². The Balaban J connectivity index is 1.97. The van der Waals surface area contributed by atoms with Gasteiger partial charge in [0.05, 0.1) is 0 Å². The molecule has 0 saturated carbocycles. The highest BCUT2D eigenvalue weighted by Gasteiger charge is 2.44. The highest BCUT2D eigenvalue weighted by Crippen LogP contribution is 2.22. The number of unbranched alkanes of at least 4 members (excludes halogenated alkanes) is 11. The summed E-state index contributed by atoms with van der Waals surface area (Å²) in [6, 6.07) is 0. The van der Waals surface area contributed by atoms with Crippen LogP contribution in [0, 0.1) is 0 Å². The average molecular weight is 459 g/mol. The Morgan fingerprint density at radius 1 is 0.812 bits per heavy atom. The van der Waals surface area contributed by atoms with Crippen LogP contribution in [-0.2, 0) is 19.0 Å². The molecule has 1 saturated heterocycles. The van der Waals surface area contributed by atoms with Gasteiger partial charge in [0.1, 0.15) is 31.0 Å². The first-order valence-electron chi connectivity index (χ1n) is 12.5. The maximum absolute atomic E-state index is 11.9. The van der Waals surface area contributed by atoms with Gasteiger partial charge in [0.15, 0.2) is 6.29 Å². The molecule has 1 aliphatic rings. The number of hydrogen-bond donors (Lipinski definition) is 3. The number of allylic oxidation sites excluding steroid dienone is 2. The highest BCUT2D eigenvalue weighted by molar-refractivity contribution is 5.69. The van der Waals surface area contributed by atoms with E-state index in [0.717, 1.165) is 32.1 Å². The van der Waals surface area contributed by atoms with E-state index in [0.29, 0.717) is 6.42 Å². The summed E-state index contributed by atoms with van der Waals surface area (Å²) < 4.78 is 15.4. The van der Waals surface area contributed by atoms with Crippen LogP contribution >= 0.6 is 0 Å². The van der Waals surface area contributed by atoms with Crippen LogP contribution in [0.15, 0.2) is 12.2 Å². The van der Waals surface area contributed by atoms with Crippen molar-refractivity contribution < 1.29 is 34.3 Å². The molecule has 0 radical (unpaired) electrons. The fraction of sp³-hybridized carbons (Fsp3) is 0.880. The highest BCUT2D eigenvalue weighted by atomic mass is 16.7. The van der Waals surface area contributed by atoms with Crippen molar-refractivity contribution in [3.05, 3.63) is 12.2 Å². The third-order valence-electron chi connectivity index (χ3n) is 5.95. The number of methoxy groups -OCH3 is 1. The minimum Gasteiger partial charge on any atom is -0.463 e. The molecular weight excluding hydrogens is 412 g/mol. The fourth-order valence-electron chi connectivity index (χ4n) is 3.84. The predicted molar refractivity (Wildman–Crippen MR) is 124 cm³/mol. The van der Waals surface area contributed by atoms with Gasteiger partial charge in [0.2, 0.25) is 0 Å². The molecule has 3 N–H and O–H groups in total. The molecule has 0 unspecified atom stereocenters. The molecule has 5 atom stereocenters. The number of rotatable bonds is 18. The Morgan fingerprint density at radius 3 is 1.97 bits per heavy atom. The summed E-state index contributed by atoms with van der Waals surface area (Å²) in [5, 5.41) is 29.5. The SMILES string of the molecule is CCCCCCCC/C=C\CCCCCCCC(=O)OC[C@H]1O[C@@H](OC)[C@H](O)[C@@H](O)[C@H]1O. The molecule has 1 aliphatic heterocycles. The van der Waals surface area contributed by atoms with Gasteiger partial charge in [-0.2, -0.15) is 0 Å². The number of hydrogen-bond acceptors (Lipinski definition) is 7. The van der Waals surface area contributed by atoms with Crippen LogP contribution in [0.2, 0.25) is 0 Å². The van der Waals surface area contributed by atoms with E-state index in [4.69, 9.17) is 14.2 Å². The fourth-order valence-corrected chi connectivity index (χ4v) is 3.84. The van der Waals surface area contributed by atoms with E-state index in [9.17, 15) is 20.1 Å². The third-order valence-corrected chi connectivity index (χ3v) is 5.95. The molecule has 0 aromatic heterocycles. The van der Waals surface area contributed by atoms with Crippen LogP contribution in [0.1, 0.15) is 96.8 Å². The van der Waals surface area contributed by atoms with Gasteiger partial charge in [0.25, 0.3) is 0 Å². The molecule has 0 aromatic carbocycles. The number of ether oxygens (including phenoxy) is 3. The lowest BCUT2D eigenvalue weighted by Gasteiger charge is -2.39. The molecule has 1 heterocycles. The van der Waals surface area contributed by atoms with Crippen LogP contribution in [-0.4, -0.2) is 65.7 Å². The first-order valence-corrected chi connectivity index (χ1v) is 12.5. The summed E-state index contributed by atoms with van der Waals surface area (Å²) in [4.78, 5) is 11.9. The molecule has 1 fully saturated rings. The smallest absolute Gasteiger partial charge is 0.305 e. The van der Waals surface area contributed by atoms with Crippen LogP contribution in [0.4, 0.5) is 0 Å². The molecule has 32 heavy (non-hydrogen) atoms. The molecule has 7 heteroatoms. The van der Waals surface area contributed by atoms with Crippen molar-refractivity contribution in [2.24, 2.45) is 0 Å². The van der Waals surface area contributed by atoms with Crippen molar-refractivity contribution in [3.63, 3.8) is 0 Å². The zero-order chi connectivity index (χ0) is 23.6. The quantitative estimate of drug-likeness (QED) is 0.162. The van der Waals surface area contributed by atoms with E-state index in [-0.39, 0.29) is 12.6 Å². The third kappa shape index (κ3) is 12.3. The maximum Gasteiger partial charge on any atom is 0.305 e. The van der Waals surface area contributed by atoms with Gasteiger partial charge in [0, 0.05) is 13.5 Å². The normalized spacial score (nSPS) is 26.0. The predicted octanol–water partition coefficient (Wildman–Crippen LogP) is 4.02. The summed E-state index contributed by atoms with van der Waals surface area (Å²) in [5.74, 6) is -0.354. The maximum atomic E-state index is 11.9. The number of aliphatic hydroxyl groups is 3. The summed E-state index contributed by atoms with van der Waals surface area (Å²) in [5.41, 5.74) is 0. The zero-order valence-electron chi connectivity index (χ0n) is 20.1. The van der Waals surface area contributed by atoms with Crippen LogP contribution in [0.3, 0.4) is 0 Å². The molecule has 0 aromatic rings. The summed E-state index contributed by atoms with van der Waals surface area (Å²) in [6.45, 7) is 2.06. The van der Waals surface area contributed by atoms with Gasteiger partial charge in [-0.05, 0) is 32.1 Å². The van der Waals surface area contributed by atoms with Gasteiger partial charge in [-0.3, -0.25) is 4.79 Å². The monoisotopic (exact) mass is 458 g/mol. The van der Waals surface area contributed by atoms with E-state index < -0.39 is 30.7 Å². The second kappa shape index (κ2) is 18.4. The second-order valence-electron chi connectivity index (χ2n) is 8.77. The lowest BCUT2D eigenvalue weighted by atomic mass is 9.99. The Morgan fingerprint density at radius 2 is 1.38 bits per heavy atom. The minimum atomic E-state index is -1.41. The summed E-state index contributed by atoms with van der Waals surface area (Å²) in [7, 11) is 1.33. The number of aliphatic hydroxyl groups excluding tert-OH is 3. The van der Waals surface area contributed by atoms with Crippen LogP contribution in [0.5, 0.6) is 0 Å². The summed E-state index contributed by atoms with van der Waals surface area (Å²) >= 11 is 0. The molecule has 0 bridgehead atoms. The Hall–Kier alpha value is -0.990. The molecule has 0 spiro atoms. The number of carbonyl (C=O) groups excluding carboxylic acids is 1. The van der Waals surface area contributed by atoms with Crippen molar-refractivity contribution in [2.75, 3.05) is 13.7 Å². The Labute approximate surface area is 194 Å². The number of esters is 1. The van der Waals surface area contributed by atoms with Crippen LogP contribution < -0.4 is 0 Å². The van der Waals surface area contributed by atoms with E-state index in [2.05, 4.69) is 19.1 Å². The van der Waals surface area contributed by atoms with Crippen molar-refractivity contribution in [3.8, 4) is 0 Å². The molecular formula is C25H46O7. The van der Waals surface area contributed by atoms with E-state index in [1.165, 1.54) is 58.5 Å². The zero-order valence-corrected chi connectivity index (χ0v) is 20.1. The van der Waals surface area contributed by atoms with Gasteiger partial charge in [-0.15, -0.1) is 0 Å². The second-order valence-corrected chi connectivity index (χ2v) is 8.77. The minimum absolute atomic E-state index is 0.186. The average Bonchev–Trinajstić information content (AvgIpc) is 2.79. The topological polar surface area (TPSA) is 105 Å². The van der Waals surface area contributed by atoms with Crippen LogP contribution in [0.25, 0.3) is 0 Å². The molecule has 188 valence electrons. The standard InChI is InChI=1S/C25H46O7/c1-3-4-5-6-7-8-9-10-11-12-13-14-15-16-17-18-21(26)31-19-20-22(27)23(28)24(29)25(30-2)32-20/h10-11,20,22-25,27-29H,3-9,12-19H2,1-2H3/b11-10-/t20-,22+,23+,24-,25-/m1/s1. The first kappa shape index (κ1) is 29.0. The van der Waals surface area contributed by atoms with Gasteiger partial charge < -0.3 is 29.5 Å². The molecule has 0 aliphatic carbocycles. The lowest BCUT2D eigenvalue weighted by Crippen LogP contribution is -2.59. The van der Waals surface area contributed by atoms with Crippen molar-refractivity contribution in [2.45, 2.75) is 128 Å².